The molecular weight excluding hydrogens is 216 g/mol. The Morgan fingerprint density at radius 3 is 2.06 bits per heavy atom. The number of hydrogen-bond donors (Lipinski definition) is 1. The fourth-order valence-electron chi connectivity index (χ4n) is 2.73. The zero-order valence-corrected chi connectivity index (χ0v) is 10.4. The van der Waals surface area contributed by atoms with Crippen molar-refractivity contribution < 1.29 is 9.59 Å². The van der Waals surface area contributed by atoms with Crippen molar-refractivity contribution in [2.75, 3.05) is 13.1 Å². The average Bonchev–Trinajstić information content (AvgIpc) is 2.74. The molecule has 0 aromatic rings. The summed E-state index contributed by atoms with van der Waals surface area (Å²) in [5.41, 5.74) is 0. The molecule has 1 N–H and O–H groups in total. The molecule has 0 radical (unpaired) electrons. The van der Waals surface area contributed by atoms with Gasteiger partial charge < -0.3 is 10.2 Å². The highest BCUT2D eigenvalue weighted by molar-refractivity contribution is 6.35. The molecule has 0 aromatic heterocycles. The molecule has 2 amide bonds. The molecule has 96 valence electrons. The first-order valence-corrected chi connectivity index (χ1v) is 6.87. The van der Waals surface area contributed by atoms with Gasteiger partial charge in [-0.05, 0) is 25.7 Å². The highest BCUT2D eigenvalue weighted by atomic mass is 16.2. The number of rotatable bonds is 1. The van der Waals surface area contributed by atoms with Crippen LogP contribution in [0, 0.1) is 0 Å². The minimum atomic E-state index is -0.390. The van der Waals surface area contributed by atoms with Crippen LogP contribution in [-0.2, 0) is 9.59 Å². The second-order valence-corrected chi connectivity index (χ2v) is 5.16. The maximum atomic E-state index is 11.8. The summed E-state index contributed by atoms with van der Waals surface area (Å²) in [5, 5.41) is 2.91. The molecule has 2 rings (SSSR count). The van der Waals surface area contributed by atoms with Crippen LogP contribution in [0.2, 0.25) is 0 Å². The second kappa shape index (κ2) is 6.03. The van der Waals surface area contributed by atoms with Gasteiger partial charge in [0.1, 0.15) is 0 Å². The van der Waals surface area contributed by atoms with Gasteiger partial charge in [-0.15, -0.1) is 0 Å². The van der Waals surface area contributed by atoms with Crippen LogP contribution in [0.3, 0.4) is 0 Å². The molecule has 1 heterocycles. The molecule has 4 heteroatoms. The first-order chi connectivity index (χ1) is 8.27. The number of hydrogen-bond acceptors (Lipinski definition) is 2. The lowest BCUT2D eigenvalue weighted by Gasteiger charge is -2.19. The minimum absolute atomic E-state index is 0.219. The van der Waals surface area contributed by atoms with Crippen LogP contribution in [0.1, 0.15) is 51.4 Å². The smallest absolute Gasteiger partial charge is 0.311 e. The van der Waals surface area contributed by atoms with Crippen LogP contribution >= 0.6 is 0 Å². The minimum Gasteiger partial charge on any atom is -0.345 e. The van der Waals surface area contributed by atoms with E-state index < -0.39 is 0 Å². The van der Waals surface area contributed by atoms with Gasteiger partial charge in [0.2, 0.25) is 0 Å². The third-order valence-electron chi connectivity index (χ3n) is 3.78. The van der Waals surface area contributed by atoms with Crippen molar-refractivity contribution in [2.45, 2.75) is 57.4 Å². The quantitative estimate of drug-likeness (QED) is 0.555. The van der Waals surface area contributed by atoms with Gasteiger partial charge in [0.05, 0.1) is 0 Å². The number of amides is 2. The molecule has 0 atom stereocenters. The summed E-state index contributed by atoms with van der Waals surface area (Å²) in [7, 11) is 0. The Hall–Kier alpha value is -1.06. The predicted molar refractivity (Wildman–Crippen MR) is 65.4 cm³/mol. The van der Waals surface area contributed by atoms with Gasteiger partial charge in [-0.1, -0.05) is 25.7 Å². The van der Waals surface area contributed by atoms with Gasteiger partial charge in [0.25, 0.3) is 0 Å². The van der Waals surface area contributed by atoms with Crippen molar-refractivity contribution >= 4 is 11.8 Å². The average molecular weight is 238 g/mol. The number of nitrogens with one attached hydrogen (secondary N) is 1. The molecular formula is C13H22N2O2. The molecule has 1 saturated heterocycles. The molecule has 0 bridgehead atoms. The molecule has 0 spiro atoms. The van der Waals surface area contributed by atoms with Crippen LogP contribution in [0.25, 0.3) is 0 Å². The van der Waals surface area contributed by atoms with Crippen molar-refractivity contribution in [2.24, 2.45) is 0 Å². The zero-order chi connectivity index (χ0) is 12.1. The summed E-state index contributed by atoms with van der Waals surface area (Å²) in [6.07, 6.45) is 8.97. The largest absolute Gasteiger partial charge is 0.345 e. The fourth-order valence-corrected chi connectivity index (χ4v) is 2.73. The van der Waals surface area contributed by atoms with Crippen LogP contribution < -0.4 is 5.32 Å². The zero-order valence-electron chi connectivity index (χ0n) is 10.4. The third-order valence-corrected chi connectivity index (χ3v) is 3.78. The summed E-state index contributed by atoms with van der Waals surface area (Å²) >= 11 is 0. The fraction of sp³-hybridized carbons (Fsp3) is 0.846. The summed E-state index contributed by atoms with van der Waals surface area (Å²) in [5.74, 6) is -0.717. The number of carbonyl (C=O) groups excluding carboxylic acids is 2. The van der Waals surface area contributed by atoms with E-state index in [-0.39, 0.29) is 17.9 Å². The van der Waals surface area contributed by atoms with Crippen molar-refractivity contribution in [3.05, 3.63) is 0 Å². The van der Waals surface area contributed by atoms with Crippen LogP contribution in [0.5, 0.6) is 0 Å². The van der Waals surface area contributed by atoms with Gasteiger partial charge in [-0.25, -0.2) is 0 Å². The normalized spacial score (nSPS) is 22.2. The maximum absolute atomic E-state index is 11.8. The van der Waals surface area contributed by atoms with Crippen LogP contribution in [0.15, 0.2) is 0 Å². The van der Waals surface area contributed by atoms with Crippen molar-refractivity contribution in [3.63, 3.8) is 0 Å². The van der Waals surface area contributed by atoms with Crippen molar-refractivity contribution in [1.82, 2.24) is 10.2 Å². The van der Waals surface area contributed by atoms with E-state index in [1.54, 1.807) is 4.90 Å². The molecule has 1 aliphatic heterocycles. The van der Waals surface area contributed by atoms with E-state index >= 15 is 0 Å². The Labute approximate surface area is 103 Å². The molecule has 17 heavy (non-hydrogen) atoms. The van der Waals surface area contributed by atoms with Gasteiger partial charge >= 0.3 is 11.8 Å². The molecule has 1 saturated carbocycles. The SMILES string of the molecule is O=C(NC1CCCCCC1)C(=O)N1CCCC1. The Morgan fingerprint density at radius 2 is 1.47 bits per heavy atom. The third kappa shape index (κ3) is 3.45. The molecule has 4 nitrogen and oxygen atoms in total. The lowest BCUT2D eigenvalue weighted by molar-refractivity contribution is -0.145. The Morgan fingerprint density at radius 1 is 0.882 bits per heavy atom. The second-order valence-electron chi connectivity index (χ2n) is 5.16. The van der Waals surface area contributed by atoms with Gasteiger partial charge in [-0.3, -0.25) is 9.59 Å². The number of carbonyl (C=O) groups is 2. The molecule has 2 fully saturated rings. The van der Waals surface area contributed by atoms with Gasteiger partial charge in [0.15, 0.2) is 0 Å². The lowest BCUT2D eigenvalue weighted by atomic mass is 10.1. The molecule has 1 aliphatic carbocycles. The highest BCUT2D eigenvalue weighted by Gasteiger charge is 2.26. The summed E-state index contributed by atoms with van der Waals surface area (Å²) in [6.45, 7) is 1.49. The molecule has 0 aromatic carbocycles. The van der Waals surface area contributed by atoms with E-state index in [1.807, 2.05) is 0 Å². The molecule has 0 unspecified atom stereocenters. The van der Waals surface area contributed by atoms with E-state index in [1.165, 1.54) is 25.7 Å². The van der Waals surface area contributed by atoms with E-state index in [0.717, 1.165) is 38.8 Å². The first kappa shape index (κ1) is 12.4. The van der Waals surface area contributed by atoms with Crippen LogP contribution in [-0.4, -0.2) is 35.8 Å². The molecule has 2 aliphatic rings. The Balaban J connectivity index is 1.80. The first-order valence-electron chi connectivity index (χ1n) is 6.87. The summed E-state index contributed by atoms with van der Waals surface area (Å²) in [6, 6.07) is 0.219. The van der Waals surface area contributed by atoms with E-state index in [9.17, 15) is 9.59 Å². The number of nitrogens with zero attached hydrogens (tertiary/aromatic N) is 1. The summed E-state index contributed by atoms with van der Waals surface area (Å²) in [4.78, 5) is 25.3. The maximum Gasteiger partial charge on any atom is 0.311 e. The van der Waals surface area contributed by atoms with Crippen LogP contribution in [0.4, 0.5) is 0 Å². The summed E-state index contributed by atoms with van der Waals surface area (Å²) < 4.78 is 0. The number of likely N-dealkylation sites (tertiary alicyclic amines) is 1. The van der Waals surface area contributed by atoms with E-state index in [2.05, 4.69) is 5.32 Å². The monoisotopic (exact) mass is 238 g/mol. The Kier molecular flexibility index (Phi) is 4.40. The highest BCUT2D eigenvalue weighted by Crippen LogP contribution is 2.17. The van der Waals surface area contributed by atoms with Gasteiger partial charge in [0, 0.05) is 19.1 Å². The van der Waals surface area contributed by atoms with Crippen molar-refractivity contribution in [3.8, 4) is 0 Å². The van der Waals surface area contributed by atoms with Crippen molar-refractivity contribution in [1.29, 1.82) is 0 Å². The topological polar surface area (TPSA) is 49.4 Å². The van der Waals surface area contributed by atoms with E-state index in [0.29, 0.717) is 0 Å². The predicted octanol–water partition coefficient (Wildman–Crippen LogP) is 1.45. The van der Waals surface area contributed by atoms with E-state index in [4.69, 9.17) is 0 Å². The lowest BCUT2D eigenvalue weighted by Crippen LogP contribution is -2.45. The van der Waals surface area contributed by atoms with Gasteiger partial charge in [-0.2, -0.15) is 0 Å². The Bertz CT molecular complexity index is 277. The standard InChI is InChI=1S/C13H22N2O2/c16-12(13(17)15-9-5-6-10-15)14-11-7-3-1-2-4-8-11/h11H,1-10H2,(H,14,16).